The van der Waals surface area contributed by atoms with Crippen LogP contribution >= 0.6 is 0 Å². The van der Waals surface area contributed by atoms with Crippen molar-refractivity contribution in [3.8, 4) is 0 Å². The monoisotopic (exact) mass is 342 g/mol. The minimum Gasteiger partial charge on any atom is -0.0882 e. The van der Waals surface area contributed by atoms with Gasteiger partial charge in [0.25, 0.3) is 0 Å². The van der Waals surface area contributed by atoms with Crippen LogP contribution in [-0.2, 0) is 0 Å². The number of allylic oxidation sites excluding steroid dienone is 2. The molecule has 0 amide bonds. The molecule has 0 saturated heterocycles. The molecule has 0 fully saturated rings. The topological polar surface area (TPSA) is 0 Å². The van der Waals surface area contributed by atoms with Gasteiger partial charge in [-0.15, -0.1) is 0 Å². The van der Waals surface area contributed by atoms with Crippen molar-refractivity contribution in [2.45, 2.75) is 32.7 Å². The fourth-order valence-corrected chi connectivity index (χ4v) is 8.62. The lowest BCUT2D eigenvalue weighted by Gasteiger charge is -2.35. The molecular weight excluding hydrogens is 316 g/mol. The number of hydrogen-bond donors (Lipinski definition) is 0. The van der Waals surface area contributed by atoms with Gasteiger partial charge in [0, 0.05) is 0 Å². The Morgan fingerprint density at radius 1 is 0.840 bits per heavy atom. The molecule has 1 heteroatoms. The lowest BCUT2D eigenvalue weighted by molar-refractivity contribution is 0.521. The maximum Gasteiger partial charge on any atom is 0.141 e. The second-order valence-electron chi connectivity index (χ2n) is 7.63. The van der Waals surface area contributed by atoms with Crippen molar-refractivity contribution in [3.63, 3.8) is 0 Å². The van der Waals surface area contributed by atoms with Crippen molar-refractivity contribution >= 4 is 29.2 Å². The maximum absolute atomic E-state index is 2.58. The number of benzene rings is 3. The summed E-state index contributed by atoms with van der Waals surface area (Å²) >= 11 is 0. The van der Waals surface area contributed by atoms with Gasteiger partial charge in [0.1, 0.15) is 8.07 Å². The highest BCUT2D eigenvalue weighted by Gasteiger charge is 2.37. The molecule has 0 saturated carbocycles. The molecule has 0 heterocycles. The predicted molar refractivity (Wildman–Crippen MR) is 112 cm³/mol. The highest BCUT2D eigenvalue weighted by molar-refractivity contribution is 7.07. The molecule has 3 aromatic rings. The van der Waals surface area contributed by atoms with E-state index in [0.717, 1.165) is 5.92 Å². The van der Waals surface area contributed by atoms with Gasteiger partial charge < -0.3 is 0 Å². The van der Waals surface area contributed by atoms with Crippen LogP contribution in [0.3, 0.4) is 0 Å². The summed E-state index contributed by atoms with van der Waals surface area (Å²) < 4.78 is 0. The standard InChI is InChI=1S/C24H26Si/c1-19-15-17-22(18-16-19)25(2,21-11-4-3-5-12-21)24-14-8-10-20-9-6-7-13-23(20)24/h3-14,17,19H,15-16,18H2,1-2H3/t19-,25?/m1/s1. The first-order valence-electron chi connectivity index (χ1n) is 9.43. The second-order valence-corrected chi connectivity index (χ2v) is 11.6. The number of fused-ring (bicyclic) bond motifs is 1. The molecule has 0 spiro atoms. The molecule has 4 rings (SSSR count). The molecule has 0 aliphatic heterocycles. The molecule has 0 radical (unpaired) electrons. The average molecular weight is 343 g/mol. The fraction of sp³-hybridized carbons (Fsp3) is 0.250. The van der Waals surface area contributed by atoms with Crippen LogP contribution in [0.25, 0.3) is 10.8 Å². The normalized spacial score (nSPS) is 20.1. The first kappa shape index (κ1) is 16.4. The van der Waals surface area contributed by atoms with Crippen molar-refractivity contribution in [1.29, 1.82) is 0 Å². The van der Waals surface area contributed by atoms with Gasteiger partial charge in [-0.05, 0) is 46.3 Å². The van der Waals surface area contributed by atoms with Crippen molar-refractivity contribution in [2.75, 3.05) is 0 Å². The van der Waals surface area contributed by atoms with Gasteiger partial charge >= 0.3 is 0 Å². The lowest BCUT2D eigenvalue weighted by atomic mass is 9.96. The summed E-state index contributed by atoms with van der Waals surface area (Å²) in [5, 5.41) is 7.61. The van der Waals surface area contributed by atoms with Gasteiger partial charge in [0.15, 0.2) is 0 Å². The fourth-order valence-electron chi connectivity index (χ4n) is 4.37. The zero-order valence-electron chi connectivity index (χ0n) is 15.2. The van der Waals surface area contributed by atoms with E-state index in [2.05, 4.69) is 92.3 Å². The maximum atomic E-state index is 2.58. The molecule has 0 bridgehead atoms. The van der Waals surface area contributed by atoms with Gasteiger partial charge in [0.05, 0.1) is 0 Å². The van der Waals surface area contributed by atoms with Crippen LogP contribution in [0, 0.1) is 5.92 Å². The van der Waals surface area contributed by atoms with E-state index < -0.39 is 8.07 Å². The molecule has 1 unspecified atom stereocenters. The zero-order chi connectivity index (χ0) is 17.3. The summed E-state index contributed by atoms with van der Waals surface area (Å²) in [5.41, 5.74) is 0. The van der Waals surface area contributed by atoms with Gasteiger partial charge in [-0.3, -0.25) is 0 Å². The van der Waals surface area contributed by atoms with Crippen LogP contribution in [0.5, 0.6) is 0 Å². The van der Waals surface area contributed by atoms with Gasteiger partial charge in [-0.1, -0.05) is 97.5 Å². The van der Waals surface area contributed by atoms with Gasteiger partial charge in [-0.2, -0.15) is 0 Å². The lowest BCUT2D eigenvalue weighted by Crippen LogP contribution is -2.58. The molecule has 2 atom stereocenters. The zero-order valence-corrected chi connectivity index (χ0v) is 16.2. The van der Waals surface area contributed by atoms with E-state index in [1.165, 1.54) is 35.2 Å². The Bertz CT molecular complexity index is 904. The summed E-state index contributed by atoms with van der Waals surface area (Å²) in [7, 11) is -1.93. The molecular formula is C24H26Si. The Kier molecular flexibility index (Phi) is 4.35. The Labute approximate surface area is 152 Å². The minimum atomic E-state index is -1.93. The summed E-state index contributed by atoms with van der Waals surface area (Å²) in [6, 6.07) is 27.0. The number of rotatable bonds is 3. The van der Waals surface area contributed by atoms with E-state index in [4.69, 9.17) is 0 Å². The summed E-state index contributed by atoms with van der Waals surface area (Å²) in [4.78, 5) is 0. The summed E-state index contributed by atoms with van der Waals surface area (Å²) in [5.74, 6) is 0.824. The van der Waals surface area contributed by atoms with Crippen LogP contribution in [0.2, 0.25) is 6.55 Å². The van der Waals surface area contributed by atoms with Crippen LogP contribution in [0.1, 0.15) is 26.2 Å². The summed E-state index contributed by atoms with van der Waals surface area (Å²) in [6.45, 7) is 4.94. The van der Waals surface area contributed by atoms with E-state index in [0.29, 0.717) is 0 Å². The van der Waals surface area contributed by atoms with E-state index in [9.17, 15) is 0 Å². The quantitative estimate of drug-likeness (QED) is 0.565. The van der Waals surface area contributed by atoms with Crippen molar-refractivity contribution in [1.82, 2.24) is 0 Å². The molecule has 25 heavy (non-hydrogen) atoms. The third-order valence-corrected chi connectivity index (χ3v) is 10.7. The third-order valence-electron chi connectivity index (χ3n) is 5.99. The van der Waals surface area contributed by atoms with Crippen molar-refractivity contribution in [3.05, 3.63) is 84.1 Å². The molecule has 3 aromatic carbocycles. The van der Waals surface area contributed by atoms with E-state index in [-0.39, 0.29) is 0 Å². The van der Waals surface area contributed by atoms with Crippen LogP contribution in [-0.4, -0.2) is 8.07 Å². The summed E-state index contributed by atoms with van der Waals surface area (Å²) in [6.07, 6.45) is 6.39. The molecule has 1 aliphatic carbocycles. The Balaban J connectivity index is 1.98. The highest BCUT2D eigenvalue weighted by Crippen LogP contribution is 2.30. The van der Waals surface area contributed by atoms with Crippen molar-refractivity contribution < 1.29 is 0 Å². The van der Waals surface area contributed by atoms with Crippen molar-refractivity contribution in [2.24, 2.45) is 5.92 Å². The third kappa shape index (κ3) is 2.87. The van der Waals surface area contributed by atoms with Crippen LogP contribution in [0.15, 0.2) is 84.1 Å². The van der Waals surface area contributed by atoms with E-state index >= 15 is 0 Å². The van der Waals surface area contributed by atoms with Crippen LogP contribution < -0.4 is 10.4 Å². The predicted octanol–water partition coefficient (Wildman–Crippen LogP) is 5.32. The SMILES string of the molecule is C[C@@H]1CC=C([Si](C)(c2ccccc2)c2cccc3ccccc23)CC1. The van der Waals surface area contributed by atoms with Crippen LogP contribution in [0.4, 0.5) is 0 Å². The molecule has 0 aromatic heterocycles. The molecule has 0 N–H and O–H groups in total. The van der Waals surface area contributed by atoms with E-state index in [1.807, 2.05) is 0 Å². The first-order chi connectivity index (χ1) is 12.2. The Morgan fingerprint density at radius 3 is 2.32 bits per heavy atom. The second kappa shape index (κ2) is 6.65. The highest BCUT2D eigenvalue weighted by atomic mass is 28.3. The van der Waals surface area contributed by atoms with Gasteiger partial charge in [0.2, 0.25) is 0 Å². The number of hydrogen-bond acceptors (Lipinski definition) is 0. The molecule has 1 aliphatic rings. The first-order valence-corrected chi connectivity index (χ1v) is 11.9. The molecule has 126 valence electrons. The average Bonchev–Trinajstić information content (AvgIpc) is 2.68. The van der Waals surface area contributed by atoms with E-state index in [1.54, 1.807) is 10.4 Å². The minimum absolute atomic E-state index is 0.824. The molecule has 0 nitrogen and oxygen atoms in total. The van der Waals surface area contributed by atoms with Gasteiger partial charge in [-0.25, -0.2) is 0 Å². The Hall–Kier alpha value is -2.12. The Morgan fingerprint density at radius 2 is 1.56 bits per heavy atom. The smallest absolute Gasteiger partial charge is 0.0882 e. The largest absolute Gasteiger partial charge is 0.141 e.